The maximum Gasteiger partial charge on any atom is 0.165 e. The molecule has 1 heterocycles. The van der Waals surface area contributed by atoms with Crippen molar-refractivity contribution < 1.29 is 0 Å². The summed E-state index contributed by atoms with van der Waals surface area (Å²) in [7, 11) is 0. The first kappa shape index (κ1) is 29.5. The summed E-state index contributed by atoms with van der Waals surface area (Å²) in [6, 6.07) is 58.3. The number of fused-ring (bicyclic) bond motifs is 7. The van der Waals surface area contributed by atoms with E-state index in [0.29, 0.717) is 17.5 Å². The van der Waals surface area contributed by atoms with Gasteiger partial charge in [0.1, 0.15) is 0 Å². The molecule has 0 unspecified atom stereocenters. The molecule has 0 aliphatic heterocycles. The van der Waals surface area contributed by atoms with Gasteiger partial charge in [-0.05, 0) is 66.4 Å². The molecular weight excluding hydrogens is 619 g/mol. The Morgan fingerprint density at radius 3 is 1.80 bits per heavy atom. The summed E-state index contributed by atoms with van der Waals surface area (Å²) in [4.78, 5) is 16.0. The lowest BCUT2D eigenvalue weighted by Gasteiger charge is -2.21. The molecule has 0 amide bonds. The highest BCUT2D eigenvalue weighted by Gasteiger charge is 2.37. The zero-order chi connectivity index (χ0) is 34.1. The lowest BCUT2D eigenvalue weighted by atomic mass is 9.82. The van der Waals surface area contributed by atoms with Crippen molar-refractivity contribution in [2.45, 2.75) is 19.3 Å². The van der Waals surface area contributed by atoms with Crippen molar-refractivity contribution in [2.24, 2.45) is 0 Å². The molecule has 1 aliphatic carbocycles. The van der Waals surface area contributed by atoms with E-state index in [2.05, 4.69) is 159 Å². The molecule has 0 bridgehead atoms. The first-order valence-corrected chi connectivity index (χ1v) is 17.5. The molecule has 0 saturated carbocycles. The van der Waals surface area contributed by atoms with Gasteiger partial charge < -0.3 is 0 Å². The zero-order valence-corrected chi connectivity index (χ0v) is 28.4. The standard InChI is InChI=1S/C48H33N3/c1-48(2)40-25-13-12-23-39(40)43-37(24-14-26-41(43)48)36-21-10-11-22-38(36)46-49-45(31-16-4-3-5-17-31)50-47(51-46)44-35-20-9-7-18-32(35)29-33-28-27-30-15-6-8-19-34(30)42(33)44/h3-29H,1-2H3. The van der Waals surface area contributed by atoms with Crippen LogP contribution in [-0.2, 0) is 5.41 Å². The van der Waals surface area contributed by atoms with Gasteiger partial charge in [-0.25, -0.2) is 15.0 Å². The van der Waals surface area contributed by atoms with Crippen LogP contribution < -0.4 is 0 Å². The van der Waals surface area contributed by atoms with Gasteiger partial charge in [-0.3, -0.25) is 0 Å². The van der Waals surface area contributed by atoms with Gasteiger partial charge in [0.25, 0.3) is 0 Å². The van der Waals surface area contributed by atoms with Crippen molar-refractivity contribution in [1.29, 1.82) is 0 Å². The molecule has 1 aliphatic rings. The van der Waals surface area contributed by atoms with Crippen LogP contribution in [-0.4, -0.2) is 15.0 Å². The van der Waals surface area contributed by atoms with Crippen LogP contribution in [0.15, 0.2) is 164 Å². The molecule has 3 heteroatoms. The van der Waals surface area contributed by atoms with Crippen LogP contribution in [0.3, 0.4) is 0 Å². The van der Waals surface area contributed by atoms with E-state index in [1.165, 1.54) is 38.6 Å². The number of aromatic nitrogens is 3. The molecular formula is C48H33N3. The van der Waals surface area contributed by atoms with E-state index >= 15 is 0 Å². The summed E-state index contributed by atoms with van der Waals surface area (Å²) in [5.74, 6) is 1.96. The van der Waals surface area contributed by atoms with E-state index in [0.717, 1.165) is 43.8 Å². The molecule has 1 aromatic heterocycles. The number of benzene rings is 8. The number of nitrogens with zero attached hydrogens (tertiary/aromatic N) is 3. The Morgan fingerprint density at radius 1 is 0.373 bits per heavy atom. The molecule has 9 aromatic rings. The van der Waals surface area contributed by atoms with E-state index in [4.69, 9.17) is 15.0 Å². The predicted octanol–water partition coefficient (Wildman–Crippen LogP) is 12.3. The highest BCUT2D eigenvalue weighted by molar-refractivity contribution is 6.21. The van der Waals surface area contributed by atoms with E-state index in [-0.39, 0.29) is 5.41 Å². The lowest BCUT2D eigenvalue weighted by Crippen LogP contribution is -2.14. The first-order chi connectivity index (χ1) is 25.1. The Labute approximate surface area is 297 Å². The van der Waals surface area contributed by atoms with Crippen molar-refractivity contribution in [3.63, 3.8) is 0 Å². The van der Waals surface area contributed by atoms with Crippen molar-refractivity contribution in [1.82, 2.24) is 15.0 Å². The van der Waals surface area contributed by atoms with Crippen molar-refractivity contribution >= 4 is 32.3 Å². The summed E-state index contributed by atoms with van der Waals surface area (Å²) in [6.07, 6.45) is 0. The van der Waals surface area contributed by atoms with Crippen LogP contribution in [0.25, 0.3) is 88.7 Å². The van der Waals surface area contributed by atoms with E-state index < -0.39 is 0 Å². The van der Waals surface area contributed by atoms with Gasteiger partial charge in [-0.2, -0.15) is 0 Å². The molecule has 0 N–H and O–H groups in total. The van der Waals surface area contributed by atoms with Gasteiger partial charge in [0.15, 0.2) is 17.5 Å². The van der Waals surface area contributed by atoms with E-state index in [9.17, 15) is 0 Å². The van der Waals surface area contributed by atoms with Crippen molar-refractivity contribution in [2.75, 3.05) is 0 Å². The van der Waals surface area contributed by atoms with Crippen LogP contribution in [0.4, 0.5) is 0 Å². The molecule has 0 saturated heterocycles. The summed E-state index contributed by atoms with van der Waals surface area (Å²) >= 11 is 0. The van der Waals surface area contributed by atoms with Gasteiger partial charge in [0, 0.05) is 27.5 Å². The van der Waals surface area contributed by atoms with Gasteiger partial charge >= 0.3 is 0 Å². The molecule has 3 nitrogen and oxygen atoms in total. The zero-order valence-electron chi connectivity index (χ0n) is 28.4. The fraction of sp³-hybridized carbons (Fsp3) is 0.0625. The fourth-order valence-corrected chi connectivity index (χ4v) is 8.29. The molecule has 0 atom stereocenters. The Morgan fingerprint density at radius 2 is 0.961 bits per heavy atom. The second-order valence-corrected chi connectivity index (χ2v) is 14.0. The highest BCUT2D eigenvalue weighted by atomic mass is 15.0. The monoisotopic (exact) mass is 651 g/mol. The minimum Gasteiger partial charge on any atom is -0.208 e. The average molecular weight is 652 g/mol. The summed E-state index contributed by atoms with van der Waals surface area (Å²) in [6.45, 7) is 4.66. The number of hydrogen-bond donors (Lipinski definition) is 0. The van der Waals surface area contributed by atoms with Gasteiger partial charge in [0.05, 0.1) is 0 Å². The SMILES string of the molecule is CC1(C)c2ccccc2-c2c(-c3ccccc3-c3nc(-c4ccccc4)nc(-c4c5ccccc5cc5ccc6ccccc6c45)n3)cccc21. The maximum atomic E-state index is 5.44. The molecule has 51 heavy (non-hydrogen) atoms. The molecule has 0 radical (unpaired) electrons. The third-order valence-corrected chi connectivity index (χ3v) is 10.7. The minimum absolute atomic E-state index is 0.101. The lowest BCUT2D eigenvalue weighted by molar-refractivity contribution is 0.660. The molecule has 0 fully saturated rings. The molecule has 8 aromatic carbocycles. The van der Waals surface area contributed by atoms with Crippen LogP contribution in [0.1, 0.15) is 25.0 Å². The van der Waals surface area contributed by atoms with Crippen LogP contribution in [0, 0.1) is 0 Å². The Kier molecular flexibility index (Phi) is 6.53. The smallest absolute Gasteiger partial charge is 0.165 e. The Hall–Kier alpha value is -6.45. The second-order valence-electron chi connectivity index (χ2n) is 14.0. The molecule has 0 spiro atoms. The number of rotatable bonds is 4. The quantitative estimate of drug-likeness (QED) is 0.140. The van der Waals surface area contributed by atoms with Crippen LogP contribution in [0.2, 0.25) is 0 Å². The molecule has 10 rings (SSSR count). The summed E-state index contributed by atoms with van der Waals surface area (Å²) in [5, 5.41) is 6.94. The van der Waals surface area contributed by atoms with E-state index in [1.807, 2.05) is 18.2 Å². The van der Waals surface area contributed by atoms with Crippen molar-refractivity contribution in [3.8, 4) is 56.4 Å². The van der Waals surface area contributed by atoms with Crippen LogP contribution >= 0.6 is 0 Å². The Bertz CT molecular complexity index is 2830. The Balaban J connectivity index is 1.29. The summed E-state index contributed by atoms with van der Waals surface area (Å²) in [5.41, 5.74) is 10.4. The fourth-order valence-electron chi connectivity index (χ4n) is 8.29. The first-order valence-electron chi connectivity index (χ1n) is 17.5. The third kappa shape index (κ3) is 4.55. The van der Waals surface area contributed by atoms with Gasteiger partial charge in [0.2, 0.25) is 0 Å². The molecule has 240 valence electrons. The topological polar surface area (TPSA) is 38.7 Å². The average Bonchev–Trinajstić information content (AvgIpc) is 3.43. The van der Waals surface area contributed by atoms with E-state index in [1.54, 1.807) is 0 Å². The normalized spacial score (nSPS) is 13.1. The van der Waals surface area contributed by atoms with Crippen molar-refractivity contribution in [3.05, 3.63) is 175 Å². The van der Waals surface area contributed by atoms with Gasteiger partial charge in [-0.1, -0.05) is 172 Å². The minimum atomic E-state index is -0.101. The van der Waals surface area contributed by atoms with Gasteiger partial charge in [-0.15, -0.1) is 0 Å². The predicted molar refractivity (Wildman–Crippen MR) is 212 cm³/mol. The van der Waals surface area contributed by atoms with Crippen LogP contribution in [0.5, 0.6) is 0 Å². The highest BCUT2D eigenvalue weighted by Crippen LogP contribution is 2.53. The maximum absolute atomic E-state index is 5.44. The third-order valence-electron chi connectivity index (χ3n) is 10.7. The largest absolute Gasteiger partial charge is 0.208 e. The summed E-state index contributed by atoms with van der Waals surface area (Å²) < 4.78 is 0. The number of hydrogen-bond acceptors (Lipinski definition) is 3. The second kappa shape index (κ2) is 11.3.